The van der Waals surface area contributed by atoms with E-state index >= 15 is 0 Å². The second kappa shape index (κ2) is 10.6. The highest BCUT2D eigenvalue weighted by atomic mass is 16.6. The van der Waals surface area contributed by atoms with Gasteiger partial charge in [0, 0.05) is 57.0 Å². The number of piperazine rings is 1. The summed E-state index contributed by atoms with van der Waals surface area (Å²) in [5, 5.41) is 10.8. The lowest BCUT2D eigenvalue weighted by Crippen LogP contribution is -2.48. The summed E-state index contributed by atoms with van der Waals surface area (Å²) < 4.78 is 5.65. The van der Waals surface area contributed by atoms with Crippen molar-refractivity contribution in [2.75, 3.05) is 44.3 Å². The number of benzene rings is 2. The maximum absolute atomic E-state index is 12.4. The molecule has 0 N–H and O–H groups in total. The van der Waals surface area contributed by atoms with Gasteiger partial charge in [-0.1, -0.05) is 30.3 Å². The van der Waals surface area contributed by atoms with Crippen LogP contribution in [-0.2, 0) is 16.0 Å². The topological polar surface area (TPSA) is 75.9 Å². The van der Waals surface area contributed by atoms with Crippen molar-refractivity contribution in [3.05, 3.63) is 70.3 Å². The highest BCUT2D eigenvalue weighted by Crippen LogP contribution is 2.20. The van der Waals surface area contributed by atoms with Crippen LogP contribution in [0.15, 0.2) is 54.6 Å². The molecule has 1 heterocycles. The fourth-order valence-corrected chi connectivity index (χ4v) is 3.42. The average molecular weight is 397 g/mol. The number of hydrogen-bond acceptors (Lipinski definition) is 5. The number of nitro groups is 1. The zero-order chi connectivity index (χ0) is 20.5. The van der Waals surface area contributed by atoms with Gasteiger partial charge in [0.25, 0.3) is 5.69 Å². The van der Waals surface area contributed by atoms with Crippen molar-refractivity contribution in [3.63, 3.8) is 0 Å². The first-order valence-corrected chi connectivity index (χ1v) is 10.0. The highest BCUT2D eigenvalue weighted by Gasteiger charge is 2.21. The van der Waals surface area contributed by atoms with Gasteiger partial charge in [-0.2, -0.15) is 0 Å². The molecule has 29 heavy (non-hydrogen) atoms. The molecule has 7 nitrogen and oxygen atoms in total. The molecular formula is C22H27N3O4. The Balaban J connectivity index is 1.31. The molecule has 0 radical (unpaired) electrons. The van der Waals surface area contributed by atoms with Gasteiger partial charge < -0.3 is 14.5 Å². The average Bonchev–Trinajstić information content (AvgIpc) is 2.77. The van der Waals surface area contributed by atoms with Gasteiger partial charge in [0.2, 0.25) is 5.91 Å². The predicted octanol–water partition coefficient (Wildman–Crippen LogP) is 3.28. The molecule has 0 spiro atoms. The minimum atomic E-state index is -0.397. The van der Waals surface area contributed by atoms with E-state index in [1.165, 1.54) is 17.7 Å². The molecule has 1 aliphatic rings. The van der Waals surface area contributed by atoms with E-state index in [0.717, 1.165) is 31.6 Å². The fourth-order valence-electron chi connectivity index (χ4n) is 3.42. The predicted molar refractivity (Wildman–Crippen MR) is 112 cm³/mol. The number of hydrogen-bond donors (Lipinski definition) is 0. The Morgan fingerprint density at radius 2 is 1.66 bits per heavy atom. The Labute approximate surface area is 171 Å². The Bertz CT molecular complexity index is 787. The fraction of sp³-hybridized carbons (Fsp3) is 0.409. The first kappa shape index (κ1) is 20.8. The monoisotopic (exact) mass is 397 g/mol. The second-order valence-electron chi connectivity index (χ2n) is 7.09. The van der Waals surface area contributed by atoms with Crippen LogP contribution in [0.4, 0.5) is 11.4 Å². The van der Waals surface area contributed by atoms with E-state index in [1.54, 1.807) is 12.1 Å². The smallest absolute Gasteiger partial charge is 0.269 e. The summed E-state index contributed by atoms with van der Waals surface area (Å²) in [6.45, 7) is 4.08. The third kappa shape index (κ3) is 6.29. The number of carbonyl (C=O) groups excluding carboxylic acids is 1. The number of ether oxygens (including phenoxy) is 1. The van der Waals surface area contributed by atoms with Crippen LogP contribution in [-0.4, -0.2) is 55.1 Å². The number of anilines is 1. The number of non-ortho nitro benzene ring substituents is 1. The number of nitro benzene ring substituents is 1. The Kier molecular flexibility index (Phi) is 7.58. The molecule has 1 fully saturated rings. The molecule has 0 atom stereocenters. The lowest BCUT2D eigenvalue weighted by molar-refractivity contribution is -0.384. The van der Waals surface area contributed by atoms with Crippen molar-refractivity contribution >= 4 is 17.3 Å². The van der Waals surface area contributed by atoms with Crippen LogP contribution < -0.4 is 4.90 Å². The molecule has 0 unspecified atom stereocenters. The summed E-state index contributed by atoms with van der Waals surface area (Å²) in [6, 6.07) is 16.8. The van der Waals surface area contributed by atoms with Gasteiger partial charge in [-0.25, -0.2) is 0 Å². The van der Waals surface area contributed by atoms with E-state index in [0.29, 0.717) is 32.7 Å². The molecule has 1 aliphatic heterocycles. The van der Waals surface area contributed by atoms with Crippen molar-refractivity contribution in [1.29, 1.82) is 0 Å². The maximum atomic E-state index is 12.4. The molecule has 0 aromatic heterocycles. The van der Waals surface area contributed by atoms with Gasteiger partial charge in [0.1, 0.15) is 0 Å². The van der Waals surface area contributed by atoms with Crippen molar-refractivity contribution < 1.29 is 14.5 Å². The summed E-state index contributed by atoms with van der Waals surface area (Å²) >= 11 is 0. The van der Waals surface area contributed by atoms with E-state index in [-0.39, 0.29) is 11.6 Å². The number of rotatable bonds is 9. The Hall–Kier alpha value is -2.93. The van der Waals surface area contributed by atoms with Crippen LogP contribution in [0.25, 0.3) is 0 Å². The Morgan fingerprint density at radius 1 is 0.966 bits per heavy atom. The van der Waals surface area contributed by atoms with Crippen LogP contribution in [0.5, 0.6) is 0 Å². The number of carbonyl (C=O) groups is 1. The summed E-state index contributed by atoms with van der Waals surface area (Å²) in [5.41, 5.74) is 2.30. The molecule has 7 heteroatoms. The largest absolute Gasteiger partial charge is 0.381 e. The van der Waals surface area contributed by atoms with Crippen molar-refractivity contribution in [3.8, 4) is 0 Å². The molecule has 1 amide bonds. The summed E-state index contributed by atoms with van der Waals surface area (Å²) in [7, 11) is 0. The third-order valence-corrected chi connectivity index (χ3v) is 5.12. The molecule has 2 aromatic carbocycles. The zero-order valence-electron chi connectivity index (χ0n) is 16.5. The molecule has 154 valence electrons. The quantitative estimate of drug-likeness (QED) is 0.369. The molecule has 0 aliphatic carbocycles. The van der Waals surface area contributed by atoms with Crippen molar-refractivity contribution in [2.45, 2.75) is 19.3 Å². The van der Waals surface area contributed by atoms with Gasteiger partial charge in [-0.3, -0.25) is 14.9 Å². The van der Waals surface area contributed by atoms with E-state index in [9.17, 15) is 14.9 Å². The van der Waals surface area contributed by atoms with Crippen molar-refractivity contribution in [1.82, 2.24) is 4.90 Å². The first-order chi connectivity index (χ1) is 14.1. The maximum Gasteiger partial charge on any atom is 0.269 e. The van der Waals surface area contributed by atoms with Gasteiger partial charge in [-0.15, -0.1) is 0 Å². The second-order valence-corrected chi connectivity index (χ2v) is 7.09. The van der Waals surface area contributed by atoms with Gasteiger partial charge >= 0.3 is 0 Å². The molecule has 0 bridgehead atoms. The molecule has 3 rings (SSSR count). The molecule has 0 saturated carbocycles. The molecule has 2 aromatic rings. The van der Waals surface area contributed by atoms with Gasteiger partial charge in [-0.05, 0) is 30.5 Å². The standard InChI is InChI=1S/C22H27N3O4/c26-22(7-4-17-29-18-12-19-5-2-1-3-6-19)24-15-13-23(14-16-24)20-8-10-21(11-9-20)25(27)28/h1-3,5-6,8-11H,4,7,12-18H2. The van der Waals surface area contributed by atoms with Crippen LogP contribution in [0, 0.1) is 10.1 Å². The van der Waals surface area contributed by atoms with Crippen LogP contribution in [0.2, 0.25) is 0 Å². The van der Waals surface area contributed by atoms with E-state index in [1.807, 2.05) is 23.1 Å². The Morgan fingerprint density at radius 3 is 2.31 bits per heavy atom. The van der Waals surface area contributed by atoms with Crippen LogP contribution >= 0.6 is 0 Å². The summed E-state index contributed by atoms with van der Waals surface area (Å²) in [5.74, 6) is 0.167. The third-order valence-electron chi connectivity index (χ3n) is 5.12. The number of amides is 1. The first-order valence-electron chi connectivity index (χ1n) is 10.0. The van der Waals surface area contributed by atoms with E-state index < -0.39 is 4.92 Å². The SMILES string of the molecule is O=C(CCCOCCc1ccccc1)N1CCN(c2ccc([N+](=O)[O-])cc2)CC1. The van der Waals surface area contributed by atoms with Gasteiger partial charge in [0.15, 0.2) is 0 Å². The lowest BCUT2D eigenvalue weighted by Gasteiger charge is -2.36. The van der Waals surface area contributed by atoms with Gasteiger partial charge in [0.05, 0.1) is 11.5 Å². The molecular weight excluding hydrogens is 370 g/mol. The van der Waals surface area contributed by atoms with E-state index in [4.69, 9.17) is 4.74 Å². The normalized spacial score (nSPS) is 14.1. The summed E-state index contributed by atoms with van der Waals surface area (Å²) in [4.78, 5) is 26.8. The van der Waals surface area contributed by atoms with Crippen molar-refractivity contribution in [2.24, 2.45) is 0 Å². The number of nitrogens with zero attached hydrogens (tertiary/aromatic N) is 3. The highest BCUT2D eigenvalue weighted by molar-refractivity contribution is 5.76. The lowest BCUT2D eigenvalue weighted by atomic mass is 10.2. The molecule has 1 saturated heterocycles. The van der Waals surface area contributed by atoms with Crippen LogP contribution in [0.3, 0.4) is 0 Å². The van der Waals surface area contributed by atoms with Crippen LogP contribution in [0.1, 0.15) is 18.4 Å². The zero-order valence-corrected chi connectivity index (χ0v) is 16.5. The summed E-state index contributed by atoms with van der Waals surface area (Å²) in [6.07, 6.45) is 2.12. The minimum absolute atomic E-state index is 0.0913. The minimum Gasteiger partial charge on any atom is -0.381 e. The van der Waals surface area contributed by atoms with E-state index in [2.05, 4.69) is 17.0 Å².